The monoisotopic (exact) mass is 1020 g/mol. The minimum atomic E-state index is -4.75. The number of rotatable bonds is 23. The van der Waals surface area contributed by atoms with Gasteiger partial charge >= 0.3 is 6.18 Å². The minimum Gasteiger partial charge on any atom is -0.494 e. The highest BCUT2D eigenvalue weighted by molar-refractivity contribution is 7.13. The molecule has 4 atom stereocenters. The van der Waals surface area contributed by atoms with E-state index in [0.717, 1.165) is 39.4 Å². The highest BCUT2D eigenvalue weighted by atomic mass is 32.1. The number of likely N-dealkylation sites (tertiary alicyclic amines) is 2. The van der Waals surface area contributed by atoms with Crippen molar-refractivity contribution in [2.45, 2.75) is 97.9 Å². The van der Waals surface area contributed by atoms with Crippen LogP contribution in [0.3, 0.4) is 0 Å². The zero-order valence-electron chi connectivity index (χ0n) is 41.4. The number of ether oxygens (including phenoxy) is 5. The van der Waals surface area contributed by atoms with E-state index in [9.17, 15) is 37.5 Å². The molecule has 0 radical (unpaired) electrons. The van der Waals surface area contributed by atoms with Crippen molar-refractivity contribution in [2.24, 2.45) is 10.8 Å². The summed E-state index contributed by atoms with van der Waals surface area (Å²) in [5, 5.41) is 25.3. The third-order valence-electron chi connectivity index (χ3n) is 12.2. The fraction of sp³-hybridized carbons (Fsp3) is 0.500. The van der Waals surface area contributed by atoms with Crippen molar-refractivity contribution < 1.29 is 61.1 Å². The molecule has 4 unspecified atom stereocenters. The standard InChI is InChI=1S/C52H63F3N6O10S/c1-33-44(72-32-58-33)36-12-8-34(9-13-36)27-57-47(64)42-24-38(62)29-61(42)48(65)45(50(2,3)4)59-43(63)30-69-23-22-68-21-20-67-18-7-19-70-39-15-10-35(11-16-39)28-60-31-51(5,6)46(49(60)66)71-40-17-14-37(26-56)41(25-40)52(53,54)55/h8-17,25,32,38,42,45-46,62H,7,18-24,27-31H2,1-6H3,(H,57,64)(H,59,63). The van der Waals surface area contributed by atoms with E-state index in [1.54, 1.807) is 39.9 Å². The predicted molar refractivity (Wildman–Crippen MR) is 260 cm³/mol. The van der Waals surface area contributed by atoms with Gasteiger partial charge in [-0.25, -0.2) is 4.98 Å². The summed E-state index contributed by atoms with van der Waals surface area (Å²) in [7, 11) is 0. The molecule has 4 amide bonds. The molecule has 6 rings (SSSR count). The van der Waals surface area contributed by atoms with Crippen LogP contribution < -0.4 is 20.1 Å². The van der Waals surface area contributed by atoms with Crippen molar-refractivity contribution in [1.82, 2.24) is 25.4 Å². The van der Waals surface area contributed by atoms with Gasteiger partial charge in [-0.05, 0) is 59.4 Å². The SMILES string of the molecule is Cc1ncsc1-c1ccc(CNC(=O)C2CC(O)CN2C(=O)C(NC(=O)COCCOCCOCCCOc2ccc(CN3CC(C)(C)C(Oc4ccc(C#N)c(C(F)(F)F)c4)C3=O)cc2)C(C)(C)C)cc1. The molecule has 2 saturated heterocycles. The number of hydrogen-bond donors (Lipinski definition) is 3. The Morgan fingerprint density at radius 2 is 1.58 bits per heavy atom. The molecular weight excluding hydrogens is 958 g/mol. The average Bonchev–Trinajstić information content (AvgIpc) is 4.01. The zero-order valence-corrected chi connectivity index (χ0v) is 42.2. The number of hydrogen-bond acceptors (Lipinski definition) is 13. The molecule has 0 spiro atoms. The number of β-amino-alcohol motifs (C(OH)–C–C–N with tert-alkyl or cyclic N) is 1. The number of halogens is 3. The van der Waals surface area contributed by atoms with E-state index in [1.165, 1.54) is 11.0 Å². The molecule has 2 aliphatic rings. The second-order valence-corrected chi connectivity index (χ2v) is 20.4. The highest BCUT2D eigenvalue weighted by Crippen LogP contribution is 2.38. The van der Waals surface area contributed by atoms with E-state index < -0.39 is 70.1 Å². The van der Waals surface area contributed by atoms with Crippen molar-refractivity contribution in [3.05, 3.63) is 100 Å². The Balaban J connectivity index is 0.822. The van der Waals surface area contributed by atoms with Crippen LogP contribution in [-0.4, -0.2) is 127 Å². The van der Waals surface area contributed by atoms with Crippen LogP contribution in [0.5, 0.6) is 11.5 Å². The Labute approximate surface area is 421 Å². The Bertz CT molecular complexity index is 2530. The topological polar surface area (TPSA) is 202 Å². The summed E-state index contributed by atoms with van der Waals surface area (Å²) < 4.78 is 68.9. The summed E-state index contributed by atoms with van der Waals surface area (Å²) in [4.78, 5) is 62.0. The molecule has 3 N–H and O–H groups in total. The first kappa shape index (κ1) is 55.2. The van der Waals surface area contributed by atoms with Crippen molar-refractivity contribution >= 4 is 35.0 Å². The maximum atomic E-state index is 13.9. The molecule has 3 heterocycles. The summed E-state index contributed by atoms with van der Waals surface area (Å²) >= 11 is 1.56. The first-order chi connectivity index (χ1) is 34.1. The lowest BCUT2D eigenvalue weighted by Gasteiger charge is -2.35. The number of alkyl halides is 3. The van der Waals surface area contributed by atoms with Crippen LogP contribution in [-0.2, 0) is 52.7 Å². The van der Waals surface area contributed by atoms with Crippen LogP contribution in [0.4, 0.5) is 13.2 Å². The van der Waals surface area contributed by atoms with Gasteiger partial charge in [-0.15, -0.1) is 11.3 Å². The van der Waals surface area contributed by atoms with Crippen LogP contribution in [0.25, 0.3) is 10.4 Å². The predicted octanol–water partition coefficient (Wildman–Crippen LogP) is 6.45. The van der Waals surface area contributed by atoms with Gasteiger partial charge < -0.3 is 49.2 Å². The number of carbonyl (C=O) groups excluding carboxylic acids is 4. The number of carbonyl (C=O) groups is 4. The fourth-order valence-corrected chi connectivity index (χ4v) is 9.22. The summed E-state index contributed by atoms with van der Waals surface area (Å²) in [6.07, 6.45) is -5.98. The number of amides is 4. The largest absolute Gasteiger partial charge is 0.494 e. The third-order valence-corrected chi connectivity index (χ3v) is 13.2. The van der Waals surface area contributed by atoms with Gasteiger partial charge in [-0.1, -0.05) is 71.0 Å². The van der Waals surface area contributed by atoms with E-state index in [0.29, 0.717) is 45.1 Å². The van der Waals surface area contributed by atoms with Gasteiger partial charge in [-0.2, -0.15) is 18.4 Å². The second-order valence-electron chi connectivity index (χ2n) is 19.6. The number of aryl methyl sites for hydroxylation is 1. The van der Waals surface area contributed by atoms with Crippen LogP contribution in [0.15, 0.2) is 72.2 Å². The number of nitriles is 1. The average molecular weight is 1020 g/mol. The molecule has 16 nitrogen and oxygen atoms in total. The number of aromatic nitrogens is 1. The van der Waals surface area contributed by atoms with Crippen molar-refractivity contribution in [2.75, 3.05) is 59.3 Å². The fourth-order valence-electron chi connectivity index (χ4n) is 8.41. The summed E-state index contributed by atoms with van der Waals surface area (Å²) in [5.74, 6) is -1.23. The molecule has 4 aromatic rings. The van der Waals surface area contributed by atoms with E-state index >= 15 is 0 Å². The third kappa shape index (κ3) is 15.0. The molecule has 3 aromatic carbocycles. The van der Waals surface area contributed by atoms with E-state index in [4.69, 9.17) is 28.9 Å². The molecule has 0 saturated carbocycles. The van der Waals surface area contributed by atoms with Gasteiger partial charge in [0.2, 0.25) is 17.7 Å². The van der Waals surface area contributed by atoms with Gasteiger partial charge in [0.05, 0.1) is 72.4 Å². The molecule has 1 aromatic heterocycles. The Kier molecular flexibility index (Phi) is 18.8. The minimum absolute atomic E-state index is 0.0370. The normalized spacial score (nSPS) is 18.2. The lowest BCUT2D eigenvalue weighted by atomic mass is 9.85. The molecule has 2 fully saturated rings. The zero-order chi connectivity index (χ0) is 52.2. The summed E-state index contributed by atoms with van der Waals surface area (Å²) in [6.45, 7) is 13.3. The summed E-state index contributed by atoms with van der Waals surface area (Å²) in [5.41, 5.74) is 2.43. The molecule has 0 aliphatic carbocycles. The first-order valence-corrected chi connectivity index (χ1v) is 24.6. The van der Waals surface area contributed by atoms with Crippen LogP contribution in [0, 0.1) is 29.1 Å². The van der Waals surface area contributed by atoms with Gasteiger partial charge in [0, 0.05) is 51.0 Å². The van der Waals surface area contributed by atoms with E-state index in [1.807, 2.05) is 77.9 Å². The summed E-state index contributed by atoms with van der Waals surface area (Å²) in [6, 6.07) is 17.8. The highest BCUT2D eigenvalue weighted by Gasteiger charge is 2.49. The van der Waals surface area contributed by atoms with Gasteiger partial charge in [0.15, 0.2) is 6.10 Å². The van der Waals surface area contributed by atoms with Crippen LogP contribution in [0.1, 0.15) is 75.4 Å². The Morgan fingerprint density at radius 3 is 2.22 bits per heavy atom. The number of nitrogens with one attached hydrogen (secondary N) is 2. The maximum absolute atomic E-state index is 13.9. The molecule has 388 valence electrons. The number of benzene rings is 3. The quantitative estimate of drug-likeness (QED) is 0.0687. The molecular formula is C52H63F3N6O10S. The van der Waals surface area contributed by atoms with Gasteiger partial charge in [0.25, 0.3) is 5.91 Å². The number of aliphatic hydroxyl groups is 1. The Hall–Kier alpha value is -6.11. The molecule has 2 aliphatic heterocycles. The lowest BCUT2D eigenvalue weighted by Crippen LogP contribution is -2.58. The number of nitrogens with zero attached hydrogens (tertiary/aromatic N) is 4. The number of thiazole rings is 1. The van der Waals surface area contributed by atoms with Gasteiger partial charge in [0.1, 0.15) is 30.2 Å². The van der Waals surface area contributed by atoms with E-state index in [-0.39, 0.29) is 57.5 Å². The van der Waals surface area contributed by atoms with E-state index in [2.05, 4.69) is 15.6 Å². The Morgan fingerprint density at radius 1 is 0.931 bits per heavy atom. The molecule has 72 heavy (non-hydrogen) atoms. The van der Waals surface area contributed by atoms with Crippen molar-refractivity contribution in [3.63, 3.8) is 0 Å². The smallest absolute Gasteiger partial charge is 0.417 e. The van der Waals surface area contributed by atoms with Crippen LogP contribution in [0.2, 0.25) is 0 Å². The van der Waals surface area contributed by atoms with Gasteiger partial charge in [-0.3, -0.25) is 19.2 Å². The van der Waals surface area contributed by atoms with Crippen molar-refractivity contribution in [3.8, 4) is 28.0 Å². The molecule has 20 heteroatoms. The second kappa shape index (κ2) is 24.5. The molecule has 0 bridgehead atoms. The first-order valence-electron chi connectivity index (χ1n) is 23.7. The van der Waals surface area contributed by atoms with Crippen LogP contribution >= 0.6 is 11.3 Å². The number of aliphatic hydroxyl groups excluding tert-OH is 1. The lowest BCUT2D eigenvalue weighted by molar-refractivity contribution is -0.144. The maximum Gasteiger partial charge on any atom is 0.417 e. The van der Waals surface area contributed by atoms with Crippen molar-refractivity contribution in [1.29, 1.82) is 5.26 Å².